The lowest BCUT2D eigenvalue weighted by Crippen LogP contribution is -2.35. The first kappa shape index (κ1) is 14.3. The number of aromatic nitrogens is 2. The predicted octanol–water partition coefficient (Wildman–Crippen LogP) is 3.90. The monoisotopic (exact) mass is 284 g/mol. The van der Waals surface area contributed by atoms with Crippen molar-refractivity contribution in [3.8, 4) is 0 Å². The van der Waals surface area contributed by atoms with Crippen LogP contribution in [-0.2, 0) is 18.3 Å². The second-order valence-electron chi connectivity index (χ2n) is 7.02. The van der Waals surface area contributed by atoms with E-state index in [2.05, 4.69) is 31.1 Å². The highest BCUT2D eigenvalue weighted by Crippen LogP contribution is 2.41. The molecule has 21 heavy (non-hydrogen) atoms. The van der Waals surface area contributed by atoms with Crippen LogP contribution in [0.1, 0.15) is 45.2 Å². The molecule has 112 valence electrons. The first-order valence-corrected chi connectivity index (χ1v) is 7.92. The van der Waals surface area contributed by atoms with Crippen LogP contribution in [0.4, 0.5) is 0 Å². The van der Waals surface area contributed by atoms with E-state index in [9.17, 15) is 4.79 Å². The van der Waals surface area contributed by atoms with Crippen LogP contribution in [0.5, 0.6) is 0 Å². The lowest BCUT2D eigenvalue weighted by molar-refractivity contribution is -0.127. The molecule has 1 heterocycles. The minimum Gasteiger partial charge on any atom is -0.299 e. The van der Waals surface area contributed by atoms with E-state index in [1.807, 2.05) is 23.9 Å². The van der Waals surface area contributed by atoms with Gasteiger partial charge in [0, 0.05) is 18.4 Å². The van der Waals surface area contributed by atoms with Crippen LogP contribution in [-0.4, -0.2) is 15.6 Å². The zero-order chi connectivity index (χ0) is 15.0. The molecule has 3 heteroatoms. The summed E-state index contributed by atoms with van der Waals surface area (Å²) in [7, 11) is 1.95. The van der Waals surface area contributed by atoms with Gasteiger partial charge in [0.15, 0.2) is 0 Å². The van der Waals surface area contributed by atoms with Crippen molar-refractivity contribution in [1.82, 2.24) is 9.78 Å². The summed E-state index contributed by atoms with van der Waals surface area (Å²) in [5.74, 6) is 0.551. The fourth-order valence-corrected chi connectivity index (χ4v) is 3.80. The average Bonchev–Trinajstić information content (AvgIpc) is 2.75. The Morgan fingerprint density at radius 1 is 1.33 bits per heavy atom. The molecule has 1 atom stereocenters. The number of fused-ring (bicyclic) bond motifs is 1. The number of carbonyl (C=O) groups excluding carboxylic acids is 1. The van der Waals surface area contributed by atoms with Crippen LogP contribution in [0, 0.1) is 11.3 Å². The summed E-state index contributed by atoms with van der Waals surface area (Å²) in [6, 6.07) is 8.15. The van der Waals surface area contributed by atoms with Crippen molar-refractivity contribution in [2.45, 2.75) is 46.0 Å². The Labute approximate surface area is 126 Å². The third-order valence-electron chi connectivity index (χ3n) is 5.07. The van der Waals surface area contributed by atoms with Crippen molar-refractivity contribution in [1.29, 1.82) is 0 Å². The predicted molar refractivity (Wildman–Crippen MR) is 85.2 cm³/mol. The number of rotatable bonds is 3. The van der Waals surface area contributed by atoms with Gasteiger partial charge in [-0.15, -0.1) is 0 Å². The molecule has 0 spiro atoms. The van der Waals surface area contributed by atoms with E-state index in [0.29, 0.717) is 12.2 Å². The first-order valence-electron chi connectivity index (χ1n) is 7.92. The van der Waals surface area contributed by atoms with Crippen LogP contribution in [0.15, 0.2) is 24.3 Å². The van der Waals surface area contributed by atoms with E-state index in [1.54, 1.807) is 0 Å². The van der Waals surface area contributed by atoms with Gasteiger partial charge in [-0.1, -0.05) is 44.9 Å². The largest absolute Gasteiger partial charge is 0.299 e. The maximum Gasteiger partial charge on any atom is 0.142 e. The maximum atomic E-state index is 12.8. The molecule has 0 aliphatic heterocycles. The summed E-state index contributed by atoms with van der Waals surface area (Å²) < 4.78 is 1.88. The number of hydrogen-bond acceptors (Lipinski definition) is 2. The number of ketones is 1. The minimum absolute atomic E-state index is 0.139. The van der Waals surface area contributed by atoms with Gasteiger partial charge in [-0.2, -0.15) is 5.10 Å². The van der Waals surface area contributed by atoms with Gasteiger partial charge in [-0.3, -0.25) is 9.48 Å². The van der Waals surface area contributed by atoms with Gasteiger partial charge in [0.25, 0.3) is 0 Å². The molecule has 1 aromatic heterocycles. The fourth-order valence-electron chi connectivity index (χ4n) is 3.80. The Kier molecular flexibility index (Phi) is 3.60. The van der Waals surface area contributed by atoms with E-state index >= 15 is 0 Å². The summed E-state index contributed by atoms with van der Waals surface area (Å²) >= 11 is 0. The van der Waals surface area contributed by atoms with Crippen LogP contribution in [0.25, 0.3) is 10.9 Å². The fraction of sp³-hybridized carbons (Fsp3) is 0.556. The van der Waals surface area contributed by atoms with Crippen molar-refractivity contribution < 1.29 is 4.79 Å². The van der Waals surface area contributed by atoms with E-state index < -0.39 is 0 Å². The number of Topliss-reactive ketones (excluding diaryl/α,β-unsaturated/α-hetero) is 1. The highest BCUT2D eigenvalue weighted by atomic mass is 16.1. The number of nitrogens with zero attached hydrogens (tertiary/aromatic N) is 2. The molecule has 3 rings (SSSR count). The Morgan fingerprint density at radius 2 is 2.10 bits per heavy atom. The van der Waals surface area contributed by atoms with Crippen molar-refractivity contribution in [3.05, 3.63) is 30.0 Å². The molecule has 1 saturated carbocycles. The summed E-state index contributed by atoms with van der Waals surface area (Å²) in [5, 5.41) is 5.68. The summed E-state index contributed by atoms with van der Waals surface area (Å²) in [6.07, 6.45) is 5.10. The summed E-state index contributed by atoms with van der Waals surface area (Å²) in [4.78, 5) is 12.8. The normalized spacial score (nSPS) is 21.6. The van der Waals surface area contributed by atoms with Crippen LogP contribution < -0.4 is 0 Å². The Bertz CT molecular complexity index is 669. The van der Waals surface area contributed by atoms with E-state index in [-0.39, 0.29) is 11.3 Å². The molecule has 0 radical (unpaired) electrons. The Hall–Kier alpha value is -1.64. The molecule has 0 saturated heterocycles. The van der Waals surface area contributed by atoms with Gasteiger partial charge in [0.2, 0.25) is 0 Å². The van der Waals surface area contributed by atoms with Gasteiger partial charge in [0.1, 0.15) is 5.78 Å². The Morgan fingerprint density at radius 3 is 2.86 bits per heavy atom. The SMILES string of the molecule is Cn1nc(CC(=O)C2CCCCC2(C)C)c2ccccc21. The second kappa shape index (κ2) is 5.28. The van der Waals surface area contributed by atoms with Gasteiger partial charge in [-0.05, 0) is 24.3 Å². The number of para-hydroxylation sites is 1. The number of benzene rings is 1. The highest BCUT2D eigenvalue weighted by Gasteiger charge is 2.37. The number of aryl methyl sites for hydroxylation is 1. The molecule has 2 aromatic rings. The standard InChI is InChI=1S/C18H24N2O/c1-18(2)11-7-6-9-14(18)17(21)12-15-13-8-4-5-10-16(13)20(3)19-15/h4-5,8,10,14H,6-7,9,11-12H2,1-3H3. The molecule has 1 fully saturated rings. The first-order chi connectivity index (χ1) is 9.99. The lowest BCUT2D eigenvalue weighted by Gasteiger charge is -2.37. The number of carbonyl (C=O) groups is 1. The zero-order valence-electron chi connectivity index (χ0n) is 13.2. The molecule has 1 unspecified atom stereocenters. The third kappa shape index (κ3) is 2.61. The zero-order valence-corrected chi connectivity index (χ0v) is 13.2. The minimum atomic E-state index is 0.139. The smallest absolute Gasteiger partial charge is 0.142 e. The van der Waals surface area contributed by atoms with Crippen LogP contribution in [0.2, 0.25) is 0 Å². The lowest BCUT2D eigenvalue weighted by atomic mass is 9.66. The third-order valence-corrected chi connectivity index (χ3v) is 5.07. The van der Waals surface area contributed by atoms with Crippen LogP contribution >= 0.6 is 0 Å². The van der Waals surface area contributed by atoms with E-state index in [1.165, 1.54) is 12.8 Å². The molecule has 1 aromatic carbocycles. The average molecular weight is 284 g/mol. The van der Waals surface area contributed by atoms with Crippen LogP contribution in [0.3, 0.4) is 0 Å². The molecule has 0 N–H and O–H groups in total. The molecule has 3 nitrogen and oxygen atoms in total. The summed E-state index contributed by atoms with van der Waals surface area (Å²) in [5.41, 5.74) is 2.17. The van der Waals surface area contributed by atoms with Crippen molar-refractivity contribution in [3.63, 3.8) is 0 Å². The van der Waals surface area contributed by atoms with Gasteiger partial charge < -0.3 is 0 Å². The van der Waals surface area contributed by atoms with Crippen molar-refractivity contribution in [2.75, 3.05) is 0 Å². The van der Waals surface area contributed by atoms with E-state index in [4.69, 9.17) is 0 Å². The quantitative estimate of drug-likeness (QED) is 0.856. The molecule has 1 aliphatic carbocycles. The Balaban J connectivity index is 1.86. The molecule has 1 aliphatic rings. The van der Waals surface area contributed by atoms with Gasteiger partial charge in [-0.25, -0.2) is 0 Å². The van der Waals surface area contributed by atoms with Crippen molar-refractivity contribution >= 4 is 16.7 Å². The van der Waals surface area contributed by atoms with E-state index in [0.717, 1.165) is 29.4 Å². The van der Waals surface area contributed by atoms with Gasteiger partial charge >= 0.3 is 0 Å². The molecule has 0 amide bonds. The summed E-state index contributed by atoms with van der Waals surface area (Å²) in [6.45, 7) is 4.48. The second-order valence-corrected chi connectivity index (χ2v) is 7.02. The maximum absolute atomic E-state index is 12.8. The number of hydrogen-bond donors (Lipinski definition) is 0. The molecular weight excluding hydrogens is 260 g/mol. The highest BCUT2D eigenvalue weighted by molar-refractivity contribution is 5.90. The molecular formula is C18H24N2O. The van der Waals surface area contributed by atoms with Gasteiger partial charge in [0.05, 0.1) is 17.6 Å². The topological polar surface area (TPSA) is 34.9 Å². The van der Waals surface area contributed by atoms with Crippen molar-refractivity contribution in [2.24, 2.45) is 18.4 Å². The molecule has 0 bridgehead atoms.